The van der Waals surface area contributed by atoms with Crippen molar-refractivity contribution in [1.82, 2.24) is 5.32 Å². The molecule has 0 radical (unpaired) electrons. The summed E-state index contributed by atoms with van der Waals surface area (Å²) in [5.41, 5.74) is 2.09. The van der Waals surface area contributed by atoms with Gasteiger partial charge in [0, 0.05) is 22.6 Å². The number of hydrogen-bond acceptors (Lipinski definition) is 2. The molecule has 0 fully saturated rings. The van der Waals surface area contributed by atoms with Crippen LogP contribution in [0.4, 0.5) is 0 Å². The van der Waals surface area contributed by atoms with Gasteiger partial charge in [-0.2, -0.15) is 0 Å². The molecule has 0 aliphatic heterocycles. The van der Waals surface area contributed by atoms with Gasteiger partial charge in [0.1, 0.15) is 5.75 Å². The van der Waals surface area contributed by atoms with Crippen LogP contribution >= 0.6 is 31.9 Å². The number of aromatic hydroxyl groups is 1. The fourth-order valence-corrected chi connectivity index (χ4v) is 2.94. The molecular weight excluding hydrogens is 370 g/mol. The normalized spacial score (nSPS) is 12.4. The van der Waals surface area contributed by atoms with E-state index in [9.17, 15) is 5.11 Å². The molecule has 2 rings (SSSR count). The van der Waals surface area contributed by atoms with Crippen LogP contribution in [-0.4, -0.2) is 5.11 Å². The first kappa shape index (κ1) is 14.6. The lowest BCUT2D eigenvalue weighted by Gasteiger charge is -2.16. The van der Waals surface area contributed by atoms with E-state index < -0.39 is 0 Å². The zero-order valence-electron chi connectivity index (χ0n) is 10.5. The van der Waals surface area contributed by atoms with E-state index in [2.05, 4.69) is 50.2 Å². The average Bonchev–Trinajstić information content (AvgIpc) is 2.40. The number of hydrogen-bond donors (Lipinski definition) is 2. The molecule has 2 nitrogen and oxygen atoms in total. The van der Waals surface area contributed by atoms with Crippen LogP contribution in [0.15, 0.2) is 51.4 Å². The Hall–Kier alpha value is -0.840. The Morgan fingerprint density at radius 1 is 1.05 bits per heavy atom. The second-order valence-corrected chi connectivity index (χ2v) is 6.08. The van der Waals surface area contributed by atoms with E-state index in [4.69, 9.17) is 0 Å². The quantitative estimate of drug-likeness (QED) is 0.795. The van der Waals surface area contributed by atoms with E-state index in [1.54, 1.807) is 0 Å². The standard InChI is InChI=1S/C15H15Br2NO/c1-10(12-6-2-3-7-13(12)16)18-9-11-5-4-8-14(17)15(11)19/h2-8,10,18-19H,9H2,1H3/t10-/m1/s1. The highest BCUT2D eigenvalue weighted by Crippen LogP contribution is 2.28. The van der Waals surface area contributed by atoms with E-state index in [1.165, 1.54) is 5.56 Å². The molecule has 0 saturated heterocycles. The molecule has 0 aliphatic carbocycles. The molecule has 0 heterocycles. The third-order valence-corrected chi connectivity index (χ3v) is 4.40. The van der Waals surface area contributed by atoms with Gasteiger partial charge < -0.3 is 10.4 Å². The predicted molar refractivity (Wildman–Crippen MR) is 85.2 cm³/mol. The van der Waals surface area contributed by atoms with Crippen molar-refractivity contribution in [2.75, 3.05) is 0 Å². The highest BCUT2D eigenvalue weighted by molar-refractivity contribution is 9.10. The van der Waals surface area contributed by atoms with Crippen LogP contribution in [0.5, 0.6) is 5.75 Å². The van der Waals surface area contributed by atoms with E-state index in [0.717, 1.165) is 14.5 Å². The van der Waals surface area contributed by atoms with Gasteiger partial charge in [-0.3, -0.25) is 0 Å². The topological polar surface area (TPSA) is 32.3 Å². The minimum Gasteiger partial charge on any atom is -0.506 e. The lowest BCUT2D eigenvalue weighted by Crippen LogP contribution is -2.18. The average molecular weight is 385 g/mol. The van der Waals surface area contributed by atoms with Crippen molar-refractivity contribution < 1.29 is 5.11 Å². The summed E-state index contributed by atoms with van der Waals surface area (Å²) in [7, 11) is 0. The van der Waals surface area contributed by atoms with Gasteiger partial charge in [0.2, 0.25) is 0 Å². The van der Waals surface area contributed by atoms with Gasteiger partial charge in [0.25, 0.3) is 0 Å². The van der Waals surface area contributed by atoms with Crippen LogP contribution in [0, 0.1) is 0 Å². The molecular formula is C15H15Br2NO. The van der Waals surface area contributed by atoms with Crippen LogP contribution in [0.1, 0.15) is 24.1 Å². The summed E-state index contributed by atoms with van der Waals surface area (Å²) in [5, 5.41) is 13.4. The molecule has 0 saturated carbocycles. The fourth-order valence-electron chi connectivity index (χ4n) is 1.90. The van der Waals surface area contributed by atoms with Crippen LogP contribution in [0.2, 0.25) is 0 Å². The number of phenols is 1. The van der Waals surface area contributed by atoms with Crippen LogP contribution < -0.4 is 5.32 Å². The van der Waals surface area contributed by atoms with Gasteiger partial charge in [-0.15, -0.1) is 0 Å². The predicted octanol–water partition coefficient (Wildman–Crippen LogP) is 4.77. The van der Waals surface area contributed by atoms with E-state index in [0.29, 0.717) is 12.3 Å². The van der Waals surface area contributed by atoms with Crippen molar-refractivity contribution in [3.63, 3.8) is 0 Å². The van der Waals surface area contributed by atoms with Gasteiger partial charge >= 0.3 is 0 Å². The zero-order valence-corrected chi connectivity index (χ0v) is 13.7. The van der Waals surface area contributed by atoms with Crippen LogP contribution in [0.25, 0.3) is 0 Å². The maximum absolute atomic E-state index is 9.94. The SMILES string of the molecule is C[C@@H](NCc1cccc(Br)c1O)c1ccccc1Br. The van der Waals surface area contributed by atoms with Gasteiger partial charge in [-0.05, 0) is 40.5 Å². The number of para-hydroxylation sites is 1. The third-order valence-electron chi connectivity index (χ3n) is 3.04. The summed E-state index contributed by atoms with van der Waals surface area (Å²) in [4.78, 5) is 0. The summed E-state index contributed by atoms with van der Waals surface area (Å²) in [6.45, 7) is 2.73. The number of phenolic OH excluding ortho intramolecular Hbond substituents is 1. The maximum Gasteiger partial charge on any atom is 0.134 e. The van der Waals surface area contributed by atoms with Crippen molar-refractivity contribution in [2.24, 2.45) is 0 Å². The number of halogens is 2. The van der Waals surface area contributed by atoms with Crippen molar-refractivity contribution in [3.05, 3.63) is 62.5 Å². The molecule has 4 heteroatoms. The second-order valence-electron chi connectivity index (χ2n) is 4.37. The first-order valence-corrected chi connectivity index (χ1v) is 7.62. The Balaban J connectivity index is 2.07. The van der Waals surface area contributed by atoms with Gasteiger partial charge in [0.15, 0.2) is 0 Å². The highest BCUT2D eigenvalue weighted by Gasteiger charge is 2.10. The van der Waals surface area contributed by atoms with Crippen molar-refractivity contribution >= 4 is 31.9 Å². The van der Waals surface area contributed by atoms with Crippen molar-refractivity contribution in [3.8, 4) is 5.75 Å². The fraction of sp³-hybridized carbons (Fsp3) is 0.200. The van der Waals surface area contributed by atoms with Crippen LogP contribution in [-0.2, 0) is 6.54 Å². The summed E-state index contributed by atoms with van der Waals surface area (Å²) in [5.74, 6) is 0.300. The van der Waals surface area contributed by atoms with E-state index in [1.807, 2.05) is 36.4 Å². The molecule has 0 spiro atoms. The zero-order chi connectivity index (χ0) is 13.8. The number of rotatable bonds is 4. The molecule has 0 amide bonds. The highest BCUT2D eigenvalue weighted by atomic mass is 79.9. The monoisotopic (exact) mass is 383 g/mol. The minimum atomic E-state index is 0.203. The molecule has 2 N–H and O–H groups in total. The molecule has 0 bridgehead atoms. The van der Waals surface area contributed by atoms with Gasteiger partial charge in [-0.25, -0.2) is 0 Å². The Labute approximate surface area is 130 Å². The molecule has 0 unspecified atom stereocenters. The molecule has 19 heavy (non-hydrogen) atoms. The smallest absolute Gasteiger partial charge is 0.134 e. The first-order chi connectivity index (χ1) is 9.09. The Morgan fingerprint density at radius 3 is 2.47 bits per heavy atom. The molecule has 100 valence electrons. The lowest BCUT2D eigenvalue weighted by atomic mass is 10.1. The Kier molecular flexibility index (Phi) is 5.02. The number of nitrogens with one attached hydrogen (secondary N) is 1. The van der Waals surface area contributed by atoms with Crippen molar-refractivity contribution in [1.29, 1.82) is 0 Å². The van der Waals surface area contributed by atoms with Gasteiger partial charge in [0.05, 0.1) is 4.47 Å². The van der Waals surface area contributed by atoms with Crippen molar-refractivity contribution in [2.45, 2.75) is 19.5 Å². The second kappa shape index (κ2) is 6.55. The van der Waals surface area contributed by atoms with E-state index >= 15 is 0 Å². The van der Waals surface area contributed by atoms with E-state index in [-0.39, 0.29) is 6.04 Å². The molecule has 2 aromatic rings. The molecule has 0 aliphatic rings. The summed E-state index contributed by atoms with van der Waals surface area (Å²) in [6.07, 6.45) is 0. The summed E-state index contributed by atoms with van der Waals surface area (Å²) >= 11 is 6.88. The first-order valence-electron chi connectivity index (χ1n) is 6.03. The lowest BCUT2D eigenvalue weighted by molar-refractivity contribution is 0.457. The summed E-state index contributed by atoms with van der Waals surface area (Å²) in [6, 6.07) is 14.0. The maximum atomic E-state index is 9.94. The minimum absolute atomic E-state index is 0.203. The third kappa shape index (κ3) is 3.59. The molecule has 0 aromatic heterocycles. The summed E-state index contributed by atoms with van der Waals surface area (Å²) < 4.78 is 1.81. The Bertz CT molecular complexity index is 572. The van der Waals surface area contributed by atoms with Crippen LogP contribution in [0.3, 0.4) is 0 Å². The largest absolute Gasteiger partial charge is 0.506 e. The Morgan fingerprint density at radius 2 is 1.74 bits per heavy atom. The molecule has 2 aromatic carbocycles. The van der Waals surface area contributed by atoms with Gasteiger partial charge in [-0.1, -0.05) is 46.3 Å². The molecule has 1 atom stereocenters. The number of benzene rings is 2.